The smallest absolute Gasteiger partial charge is 0.328 e. The molecule has 0 spiro atoms. The molecule has 0 unspecified atom stereocenters. The number of nitrogens with zero attached hydrogens (tertiary/aromatic N) is 2. The number of sulfone groups is 1. The second-order valence-corrected chi connectivity index (χ2v) is 12.7. The first kappa shape index (κ1) is 30.0. The lowest BCUT2D eigenvalue weighted by Gasteiger charge is -2.36. The number of aryl methyl sites for hydroxylation is 1. The van der Waals surface area contributed by atoms with Gasteiger partial charge in [-0.25, -0.2) is 13.2 Å². The summed E-state index contributed by atoms with van der Waals surface area (Å²) in [7, 11) is -2.40. The molecule has 43 heavy (non-hydrogen) atoms. The van der Waals surface area contributed by atoms with Crippen molar-refractivity contribution < 1.29 is 22.7 Å². The van der Waals surface area contributed by atoms with Gasteiger partial charge in [0, 0.05) is 30.0 Å². The second-order valence-electron chi connectivity index (χ2n) is 10.8. The van der Waals surface area contributed by atoms with Crippen LogP contribution >= 0.6 is 0 Å². The van der Waals surface area contributed by atoms with Crippen molar-refractivity contribution in [3.8, 4) is 16.9 Å². The van der Waals surface area contributed by atoms with Gasteiger partial charge in [0.1, 0.15) is 10.6 Å². The van der Waals surface area contributed by atoms with Gasteiger partial charge in [0.25, 0.3) is 0 Å². The third-order valence-electron chi connectivity index (χ3n) is 7.69. The Balaban J connectivity index is 1.40. The first-order valence-electron chi connectivity index (χ1n) is 14.5. The molecule has 0 atom stereocenters. The number of ketones is 1. The highest BCUT2D eigenvalue weighted by atomic mass is 32.2. The molecule has 0 aliphatic carbocycles. The first-order valence-corrected chi connectivity index (χ1v) is 16.1. The molecule has 1 aliphatic rings. The number of amides is 2. The van der Waals surface area contributed by atoms with Gasteiger partial charge in [0.15, 0.2) is 15.6 Å². The molecule has 222 valence electrons. The number of methoxy groups -OCH3 is 1. The van der Waals surface area contributed by atoms with Gasteiger partial charge in [-0.1, -0.05) is 61.9 Å². The minimum atomic E-state index is -3.84. The minimum Gasteiger partial charge on any atom is -0.495 e. The van der Waals surface area contributed by atoms with E-state index in [4.69, 9.17) is 4.74 Å². The average molecular weight is 597 g/mol. The van der Waals surface area contributed by atoms with Gasteiger partial charge < -0.3 is 4.74 Å². The fourth-order valence-electron chi connectivity index (χ4n) is 5.46. The van der Waals surface area contributed by atoms with E-state index in [9.17, 15) is 18.0 Å². The molecule has 0 N–H and O–H groups in total. The molecular weight excluding hydrogens is 560 g/mol. The maximum absolute atomic E-state index is 13.8. The van der Waals surface area contributed by atoms with E-state index in [0.29, 0.717) is 35.5 Å². The van der Waals surface area contributed by atoms with Crippen molar-refractivity contribution in [3.05, 3.63) is 108 Å². The molecular formula is C35H36N2O5S. The van der Waals surface area contributed by atoms with Crippen LogP contribution in [0.15, 0.2) is 95.9 Å². The Bertz CT molecular complexity index is 1750. The van der Waals surface area contributed by atoms with Crippen molar-refractivity contribution in [1.29, 1.82) is 0 Å². The minimum absolute atomic E-state index is 0.0664. The van der Waals surface area contributed by atoms with E-state index in [-0.39, 0.29) is 28.2 Å². The van der Waals surface area contributed by atoms with E-state index in [1.165, 1.54) is 19.6 Å². The highest BCUT2D eigenvalue weighted by molar-refractivity contribution is 7.90. The fourth-order valence-corrected chi connectivity index (χ4v) is 7.00. The number of anilines is 2. The van der Waals surface area contributed by atoms with E-state index >= 15 is 0 Å². The zero-order chi connectivity index (χ0) is 30.6. The quantitative estimate of drug-likeness (QED) is 0.179. The molecule has 4 aromatic rings. The van der Waals surface area contributed by atoms with Gasteiger partial charge in [-0.3, -0.25) is 14.6 Å². The Kier molecular flexibility index (Phi) is 8.97. The summed E-state index contributed by atoms with van der Waals surface area (Å²) in [6.07, 6.45) is 2.86. The molecule has 1 saturated heterocycles. The highest BCUT2D eigenvalue weighted by Gasteiger charge is 2.29. The van der Waals surface area contributed by atoms with Crippen LogP contribution in [0.5, 0.6) is 5.75 Å². The zero-order valence-electron chi connectivity index (χ0n) is 24.7. The number of rotatable bonds is 10. The van der Waals surface area contributed by atoms with E-state index in [1.807, 2.05) is 24.3 Å². The number of hydrogen-bond acceptors (Lipinski definition) is 5. The van der Waals surface area contributed by atoms with Crippen LogP contribution in [0.1, 0.15) is 48.2 Å². The van der Waals surface area contributed by atoms with Crippen LogP contribution in [0.2, 0.25) is 0 Å². The van der Waals surface area contributed by atoms with Gasteiger partial charge in [-0.2, -0.15) is 0 Å². The van der Waals surface area contributed by atoms with Crippen molar-refractivity contribution >= 4 is 33.0 Å². The van der Waals surface area contributed by atoms with Crippen molar-refractivity contribution in [1.82, 2.24) is 0 Å². The van der Waals surface area contributed by atoms with E-state index in [0.717, 1.165) is 30.5 Å². The van der Waals surface area contributed by atoms with Crippen molar-refractivity contribution in [2.75, 3.05) is 30.0 Å². The van der Waals surface area contributed by atoms with Crippen molar-refractivity contribution in [2.45, 2.75) is 43.8 Å². The summed E-state index contributed by atoms with van der Waals surface area (Å²) >= 11 is 0. The molecule has 1 aliphatic heterocycles. The van der Waals surface area contributed by atoms with Crippen LogP contribution in [0.4, 0.5) is 16.2 Å². The van der Waals surface area contributed by atoms with Gasteiger partial charge >= 0.3 is 6.03 Å². The lowest BCUT2D eigenvalue weighted by molar-refractivity contribution is 0.101. The second kappa shape index (κ2) is 12.8. The molecule has 1 heterocycles. The lowest BCUT2D eigenvalue weighted by atomic mass is 10.0. The third-order valence-corrected chi connectivity index (χ3v) is 9.39. The Morgan fingerprint density at radius 1 is 0.814 bits per heavy atom. The molecule has 7 nitrogen and oxygen atoms in total. The molecule has 0 radical (unpaired) electrons. The van der Waals surface area contributed by atoms with Crippen LogP contribution in [0.25, 0.3) is 11.1 Å². The summed E-state index contributed by atoms with van der Waals surface area (Å²) in [4.78, 5) is 29.0. The number of urea groups is 1. The van der Waals surface area contributed by atoms with E-state index < -0.39 is 9.84 Å². The Labute approximate surface area is 253 Å². The first-order chi connectivity index (χ1) is 20.7. The summed E-state index contributed by atoms with van der Waals surface area (Å²) < 4.78 is 33.0. The average Bonchev–Trinajstić information content (AvgIpc) is 3.01. The van der Waals surface area contributed by atoms with Gasteiger partial charge in [-0.15, -0.1) is 0 Å². The SMILES string of the molecule is CCCc1ccc(N2CCCN(c3cccc(CS(=O)(=O)c4cc(-c5cccc(C(C)=O)c5)ccc4OC)c3)C2=O)cc1. The maximum Gasteiger partial charge on any atom is 0.328 e. The number of benzene rings is 4. The summed E-state index contributed by atoms with van der Waals surface area (Å²) in [5.74, 6) is -0.0867. The van der Waals surface area contributed by atoms with E-state index in [2.05, 4.69) is 19.1 Å². The lowest BCUT2D eigenvalue weighted by Crippen LogP contribution is -2.49. The highest BCUT2D eigenvalue weighted by Crippen LogP contribution is 2.33. The van der Waals surface area contributed by atoms with Gasteiger partial charge in [0.05, 0.1) is 12.9 Å². The maximum atomic E-state index is 13.8. The van der Waals surface area contributed by atoms with Gasteiger partial charge in [-0.05, 0) is 84.5 Å². The topological polar surface area (TPSA) is 84.0 Å². The van der Waals surface area contributed by atoms with Crippen molar-refractivity contribution in [3.63, 3.8) is 0 Å². The van der Waals surface area contributed by atoms with Crippen molar-refractivity contribution in [2.24, 2.45) is 0 Å². The molecule has 0 saturated carbocycles. The third kappa shape index (κ3) is 6.65. The zero-order valence-corrected chi connectivity index (χ0v) is 25.6. The summed E-state index contributed by atoms with van der Waals surface area (Å²) in [5, 5.41) is 0. The van der Waals surface area contributed by atoms with Crippen LogP contribution < -0.4 is 14.5 Å². The number of hydrogen-bond donors (Lipinski definition) is 0. The number of carbonyl (C=O) groups excluding carboxylic acids is 2. The Morgan fingerprint density at radius 2 is 1.51 bits per heavy atom. The molecule has 4 aromatic carbocycles. The predicted molar refractivity (Wildman–Crippen MR) is 171 cm³/mol. The predicted octanol–water partition coefficient (Wildman–Crippen LogP) is 7.33. The summed E-state index contributed by atoms with van der Waals surface area (Å²) in [6.45, 7) is 4.82. The van der Waals surface area contributed by atoms with Crippen LogP contribution in [0, 0.1) is 0 Å². The normalized spacial score (nSPS) is 13.7. The van der Waals surface area contributed by atoms with Crippen LogP contribution in [-0.2, 0) is 22.0 Å². The van der Waals surface area contributed by atoms with Crippen LogP contribution in [-0.4, -0.2) is 40.4 Å². The molecule has 0 bridgehead atoms. The monoisotopic (exact) mass is 596 g/mol. The summed E-state index contributed by atoms with van der Waals surface area (Å²) in [5.41, 5.74) is 5.28. The van der Waals surface area contributed by atoms with Gasteiger partial charge in [0.2, 0.25) is 0 Å². The standard InChI is InChI=1S/C35H36N2O5S/c1-4-8-26-13-16-31(17-14-26)36-19-7-20-37(35(36)39)32-12-5-9-27(21-32)24-43(40,41)34-23-30(15-18-33(34)42-3)29-11-6-10-28(22-29)25(2)38/h5-6,9-18,21-23H,4,7-8,19-20,24H2,1-3H3. The van der Waals surface area contributed by atoms with Crippen LogP contribution in [0.3, 0.4) is 0 Å². The number of Topliss-reactive ketones (excluding diaryl/α,β-unsaturated/α-hetero) is 1. The Hall–Kier alpha value is -4.43. The fraction of sp³-hybridized carbons (Fsp3) is 0.257. The molecule has 2 amide bonds. The summed E-state index contributed by atoms with van der Waals surface area (Å²) in [6, 6.07) is 27.3. The molecule has 1 fully saturated rings. The number of ether oxygens (including phenoxy) is 1. The Morgan fingerprint density at radius 3 is 2.21 bits per heavy atom. The van der Waals surface area contributed by atoms with E-state index in [1.54, 1.807) is 64.4 Å². The number of carbonyl (C=O) groups is 2. The largest absolute Gasteiger partial charge is 0.495 e. The molecule has 8 heteroatoms. The molecule has 0 aromatic heterocycles. The molecule has 5 rings (SSSR count).